The SMILES string of the molecule is NC(=O)C(=O)N(CCO)CCO. The van der Waals surface area contributed by atoms with Gasteiger partial charge in [-0.25, -0.2) is 0 Å². The van der Waals surface area contributed by atoms with E-state index in [-0.39, 0.29) is 26.3 Å². The van der Waals surface area contributed by atoms with Crippen LogP contribution in [0.1, 0.15) is 0 Å². The number of carbonyl (C=O) groups excluding carboxylic acids is 2. The predicted molar refractivity (Wildman–Crippen MR) is 39.9 cm³/mol. The molecule has 0 atom stereocenters. The second-order valence-electron chi connectivity index (χ2n) is 2.10. The van der Waals surface area contributed by atoms with Crippen LogP contribution in [0, 0.1) is 0 Å². The number of hydrogen-bond donors (Lipinski definition) is 3. The van der Waals surface area contributed by atoms with E-state index in [9.17, 15) is 9.59 Å². The van der Waals surface area contributed by atoms with Crippen molar-refractivity contribution in [1.29, 1.82) is 0 Å². The summed E-state index contributed by atoms with van der Waals surface area (Å²) in [6, 6.07) is 0. The second-order valence-corrected chi connectivity index (χ2v) is 2.10. The van der Waals surface area contributed by atoms with Crippen LogP contribution in [-0.2, 0) is 9.59 Å². The fourth-order valence-electron chi connectivity index (χ4n) is 0.712. The van der Waals surface area contributed by atoms with Gasteiger partial charge < -0.3 is 20.8 Å². The van der Waals surface area contributed by atoms with Crippen molar-refractivity contribution in [1.82, 2.24) is 4.90 Å². The molecule has 0 aliphatic carbocycles. The van der Waals surface area contributed by atoms with Crippen molar-refractivity contribution in [2.24, 2.45) is 5.73 Å². The molecule has 6 heteroatoms. The third kappa shape index (κ3) is 3.31. The van der Waals surface area contributed by atoms with Crippen LogP contribution in [0.4, 0.5) is 0 Å². The Morgan fingerprint density at radius 2 is 1.58 bits per heavy atom. The molecule has 0 aliphatic heterocycles. The van der Waals surface area contributed by atoms with Crippen molar-refractivity contribution in [2.75, 3.05) is 26.3 Å². The minimum Gasteiger partial charge on any atom is -0.395 e. The molecular weight excluding hydrogens is 164 g/mol. The summed E-state index contributed by atoms with van der Waals surface area (Å²) >= 11 is 0. The third-order valence-electron chi connectivity index (χ3n) is 1.24. The van der Waals surface area contributed by atoms with Gasteiger partial charge in [0.2, 0.25) is 0 Å². The van der Waals surface area contributed by atoms with Crippen molar-refractivity contribution < 1.29 is 19.8 Å². The zero-order chi connectivity index (χ0) is 9.56. The summed E-state index contributed by atoms with van der Waals surface area (Å²) in [5.74, 6) is -1.98. The Labute approximate surface area is 69.6 Å². The molecule has 70 valence electrons. The molecule has 0 aromatic rings. The number of aliphatic hydroxyl groups excluding tert-OH is 2. The summed E-state index contributed by atoms with van der Waals surface area (Å²) in [7, 11) is 0. The normalized spacial score (nSPS) is 9.50. The van der Waals surface area contributed by atoms with Crippen molar-refractivity contribution in [3.8, 4) is 0 Å². The van der Waals surface area contributed by atoms with Gasteiger partial charge in [0.05, 0.1) is 13.2 Å². The highest BCUT2D eigenvalue weighted by Crippen LogP contribution is 1.87. The Hall–Kier alpha value is -1.14. The van der Waals surface area contributed by atoms with Crippen LogP contribution in [0.5, 0.6) is 0 Å². The summed E-state index contributed by atoms with van der Waals surface area (Å²) < 4.78 is 0. The fourth-order valence-corrected chi connectivity index (χ4v) is 0.712. The molecule has 0 rings (SSSR count). The van der Waals surface area contributed by atoms with Gasteiger partial charge in [0.1, 0.15) is 0 Å². The molecule has 0 radical (unpaired) electrons. The van der Waals surface area contributed by atoms with Crippen molar-refractivity contribution >= 4 is 11.8 Å². The van der Waals surface area contributed by atoms with Gasteiger partial charge in [0, 0.05) is 13.1 Å². The maximum Gasteiger partial charge on any atom is 0.311 e. The van der Waals surface area contributed by atoms with Crippen LogP contribution in [0.15, 0.2) is 0 Å². The molecular formula is C6H12N2O4. The number of carbonyl (C=O) groups is 2. The molecule has 4 N–H and O–H groups in total. The highest BCUT2D eigenvalue weighted by molar-refractivity contribution is 6.34. The zero-order valence-corrected chi connectivity index (χ0v) is 6.56. The third-order valence-corrected chi connectivity index (χ3v) is 1.24. The average molecular weight is 176 g/mol. The summed E-state index contributed by atoms with van der Waals surface area (Å²) in [5.41, 5.74) is 4.70. The van der Waals surface area contributed by atoms with Crippen LogP contribution in [0.25, 0.3) is 0 Å². The highest BCUT2D eigenvalue weighted by Gasteiger charge is 2.17. The standard InChI is InChI=1S/C6H12N2O4/c7-5(11)6(12)8(1-3-9)2-4-10/h9-10H,1-4H2,(H2,7,11). The molecule has 0 aromatic heterocycles. The van der Waals surface area contributed by atoms with Crippen LogP contribution in [0.2, 0.25) is 0 Å². The minimum atomic E-state index is -1.09. The molecule has 0 heterocycles. The Bertz CT molecular complexity index is 165. The summed E-state index contributed by atoms with van der Waals surface area (Å²) in [4.78, 5) is 22.2. The van der Waals surface area contributed by atoms with Gasteiger partial charge in [-0.2, -0.15) is 0 Å². The maximum absolute atomic E-state index is 10.9. The molecule has 0 bridgehead atoms. The Balaban J connectivity index is 4.08. The van der Waals surface area contributed by atoms with E-state index in [1.165, 1.54) is 0 Å². The smallest absolute Gasteiger partial charge is 0.311 e. The van der Waals surface area contributed by atoms with Crippen LogP contribution in [-0.4, -0.2) is 53.2 Å². The first-order valence-corrected chi connectivity index (χ1v) is 3.44. The number of primary amides is 1. The molecule has 2 amide bonds. The second kappa shape index (κ2) is 5.50. The number of nitrogens with zero attached hydrogens (tertiary/aromatic N) is 1. The van der Waals surface area contributed by atoms with E-state index < -0.39 is 11.8 Å². The molecule has 0 aliphatic rings. The lowest BCUT2D eigenvalue weighted by Crippen LogP contribution is -2.43. The lowest BCUT2D eigenvalue weighted by molar-refractivity contribution is -0.144. The predicted octanol–water partition coefficient (Wildman–Crippen LogP) is -2.72. The molecule has 12 heavy (non-hydrogen) atoms. The quantitative estimate of drug-likeness (QED) is 0.405. The first kappa shape index (κ1) is 10.9. The Kier molecular flexibility index (Phi) is 4.98. The maximum atomic E-state index is 10.9. The first-order chi connectivity index (χ1) is 5.63. The minimum absolute atomic E-state index is 0.00231. The zero-order valence-electron chi connectivity index (χ0n) is 6.56. The molecule has 6 nitrogen and oxygen atoms in total. The highest BCUT2D eigenvalue weighted by atomic mass is 16.3. The van der Waals surface area contributed by atoms with Crippen LogP contribution in [0.3, 0.4) is 0 Å². The van der Waals surface area contributed by atoms with Crippen molar-refractivity contribution in [2.45, 2.75) is 0 Å². The average Bonchev–Trinajstić information content (AvgIpc) is 2.03. The Morgan fingerprint density at radius 1 is 1.17 bits per heavy atom. The number of hydrogen-bond acceptors (Lipinski definition) is 4. The lowest BCUT2D eigenvalue weighted by Gasteiger charge is -2.17. The summed E-state index contributed by atoms with van der Waals surface area (Å²) in [5, 5.41) is 16.9. The molecule has 0 saturated carbocycles. The van der Waals surface area contributed by atoms with Gasteiger partial charge in [-0.05, 0) is 0 Å². The molecule has 0 unspecified atom stereocenters. The molecule has 0 aromatic carbocycles. The Morgan fingerprint density at radius 3 is 1.83 bits per heavy atom. The van der Waals surface area contributed by atoms with Gasteiger partial charge in [-0.3, -0.25) is 9.59 Å². The summed E-state index contributed by atoms with van der Waals surface area (Å²) in [6.45, 7) is -0.525. The van der Waals surface area contributed by atoms with E-state index in [1.807, 2.05) is 0 Å². The van der Waals surface area contributed by atoms with Gasteiger partial charge >= 0.3 is 11.8 Å². The number of nitrogens with two attached hydrogens (primary N) is 1. The van der Waals surface area contributed by atoms with Crippen molar-refractivity contribution in [3.05, 3.63) is 0 Å². The summed E-state index contributed by atoms with van der Waals surface area (Å²) in [6.07, 6.45) is 0. The van der Waals surface area contributed by atoms with Gasteiger partial charge in [-0.15, -0.1) is 0 Å². The fraction of sp³-hybridized carbons (Fsp3) is 0.667. The van der Waals surface area contributed by atoms with Gasteiger partial charge in [0.15, 0.2) is 0 Å². The monoisotopic (exact) mass is 176 g/mol. The molecule has 0 saturated heterocycles. The first-order valence-electron chi connectivity index (χ1n) is 3.44. The van der Waals surface area contributed by atoms with E-state index in [0.717, 1.165) is 4.90 Å². The molecule has 0 spiro atoms. The van der Waals surface area contributed by atoms with E-state index >= 15 is 0 Å². The van der Waals surface area contributed by atoms with Crippen LogP contribution >= 0.6 is 0 Å². The number of amides is 2. The number of aliphatic hydroxyl groups is 2. The van der Waals surface area contributed by atoms with E-state index in [4.69, 9.17) is 15.9 Å². The van der Waals surface area contributed by atoms with Crippen molar-refractivity contribution in [3.63, 3.8) is 0 Å². The van der Waals surface area contributed by atoms with Crippen LogP contribution < -0.4 is 5.73 Å². The van der Waals surface area contributed by atoms with E-state index in [1.54, 1.807) is 0 Å². The van der Waals surface area contributed by atoms with E-state index in [0.29, 0.717) is 0 Å². The van der Waals surface area contributed by atoms with Gasteiger partial charge in [-0.1, -0.05) is 0 Å². The molecule has 0 fully saturated rings. The number of rotatable bonds is 4. The van der Waals surface area contributed by atoms with E-state index in [2.05, 4.69) is 0 Å². The lowest BCUT2D eigenvalue weighted by atomic mass is 10.4. The van der Waals surface area contributed by atoms with Gasteiger partial charge in [0.25, 0.3) is 0 Å². The topological polar surface area (TPSA) is 104 Å². The largest absolute Gasteiger partial charge is 0.395 e.